The zero-order valence-corrected chi connectivity index (χ0v) is 13.2. The molecule has 0 unspecified atom stereocenters. The van der Waals surface area contributed by atoms with E-state index in [1.54, 1.807) is 6.08 Å². The lowest BCUT2D eigenvalue weighted by Crippen LogP contribution is -2.28. The minimum absolute atomic E-state index is 0.252. The number of nitrogens with one attached hydrogen (secondary N) is 1. The standard InChI is InChI=1S/C15H18BrNO3/c1-3-8-17-14(18)10-20-15(19)7-6-12-5-4-11(2)9-13(12)16/h4-7,9H,3,8,10H2,1-2H3,(H,17,18)/b7-6+. The fourth-order valence-corrected chi connectivity index (χ4v) is 2.05. The fourth-order valence-electron chi connectivity index (χ4n) is 1.43. The number of hydrogen-bond donors (Lipinski definition) is 1. The van der Waals surface area contributed by atoms with Crippen molar-refractivity contribution in [2.45, 2.75) is 20.3 Å². The average molecular weight is 340 g/mol. The third-order valence-corrected chi connectivity index (χ3v) is 3.16. The van der Waals surface area contributed by atoms with Crippen molar-refractivity contribution in [1.29, 1.82) is 0 Å². The van der Waals surface area contributed by atoms with E-state index in [1.165, 1.54) is 6.08 Å². The maximum Gasteiger partial charge on any atom is 0.331 e. The van der Waals surface area contributed by atoms with Gasteiger partial charge in [-0.2, -0.15) is 0 Å². The first-order valence-electron chi connectivity index (χ1n) is 6.40. The zero-order chi connectivity index (χ0) is 15.0. The van der Waals surface area contributed by atoms with Gasteiger partial charge in [-0.1, -0.05) is 35.0 Å². The third-order valence-electron chi connectivity index (χ3n) is 2.47. The highest BCUT2D eigenvalue weighted by molar-refractivity contribution is 9.10. The number of esters is 1. The third kappa shape index (κ3) is 6.02. The number of benzene rings is 1. The molecule has 108 valence electrons. The lowest BCUT2D eigenvalue weighted by molar-refractivity contribution is -0.143. The summed E-state index contributed by atoms with van der Waals surface area (Å²) in [5.74, 6) is -0.825. The Balaban J connectivity index is 2.45. The molecule has 0 aliphatic rings. The van der Waals surface area contributed by atoms with Crippen LogP contribution < -0.4 is 5.32 Å². The Morgan fingerprint density at radius 2 is 2.15 bits per heavy atom. The lowest BCUT2D eigenvalue weighted by atomic mass is 10.1. The van der Waals surface area contributed by atoms with Crippen LogP contribution in [0, 0.1) is 6.92 Å². The van der Waals surface area contributed by atoms with Crippen LogP contribution in [0.5, 0.6) is 0 Å². The van der Waals surface area contributed by atoms with Crippen LogP contribution in [0.1, 0.15) is 24.5 Å². The number of amides is 1. The molecule has 0 fully saturated rings. The second kappa shape index (κ2) is 8.53. The lowest BCUT2D eigenvalue weighted by Gasteiger charge is -2.03. The first-order chi connectivity index (χ1) is 9.52. The van der Waals surface area contributed by atoms with E-state index in [-0.39, 0.29) is 12.5 Å². The maximum absolute atomic E-state index is 11.5. The molecule has 1 aromatic rings. The molecule has 0 aliphatic heterocycles. The minimum atomic E-state index is -0.538. The second-order valence-corrected chi connectivity index (χ2v) is 5.17. The van der Waals surface area contributed by atoms with E-state index >= 15 is 0 Å². The number of ether oxygens (including phenoxy) is 1. The summed E-state index contributed by atoms with van der Waals surface area (Å²) in [6, 6.07) is 5.81. The molecule has 5 heteroatoms. The van der Waals surface area contributed by atoms with Gasteiger partial charge < -0.3 is 10.1 Å². The van der Waals surface area contributed by atoms with Gasteiger partial charge in [-0.25, -0.2) is 4.79 Å². The van der Waals surface area contributed by atoms with Crippen molar-refractivity contribution in [3.63, 3.8) is 0 Å². The molecule has 1 amide bonds. The van der Waals surface area contributed by atoms with Crippen LogP contribution >= 0.6 is 15.9 Å². The van der Waals surface area contributed by atoms with Gasteiger partial charge in [-0.05, 0) is 36.6 Å². The molecule has 4 nitrogen and oxygen atoms in total. The van der Waals surface area contributed by atoms with E-state index in [9.17, 15) is 9.59 Å². The average Bonchev–Trinajstić information content (AvgIpc) is 2.41. The van der Waals surface area contributed by atoms with E-state index in [0.717, 1.165) is 22.0 Å². The van der Waals surface area contributed by atoms with Gasteiger partial charge in [0.1, 0.15) is 0 Å². The molecule has 1 aromatic carbocycles. The predicted octanol–water partition coefficient (Wildman–Crippen LogP) is 2.84. The molecule has 0 spiro atoms. The molecule has 1 rings (SSSR count). The molecule has 0 atom stereocenters. The van der Waals surface area contributed by atoms with Crippen molar-refractivity contribution in [2.24, 2.45) is 0 Å². The Kier molecular flexibility index (Phi) is 7.01. The molecule has 1 N–H and O–H groups in total. The summed E-state index contributed by atoms with van der Waals surface area (Å²) in [4.78, 5) is 22.7. The summed E-state index contributed by atoms with van der Waals surface area (Å²) in [6.07, 6.45) is 3.80. The largest absolute Gasteiger partial charge is 0.452 e. The zero-order valence-electron chi connectivity index (χ0n) is 11.6. The monoisotopic (exact) mass is 339 g/mol. The SMILES string of the molecule is CCCNC(=O)COC(=O)/C=C/c1ccc(C)cc1Br. The second-order valence-electron chi connectivity index (χ2n) is 4.32. The number of rotatable bonds is 6. The molecule has 0 saturated heterocycles. The van der Waals surface area contributed by atoms with Gasteiger partial charge in [-0.15, -0.1) is 0 Å². The Morgan fingerprint density at radius 3 is 2.80 bits per heavy atom. The van der Waals surface area contributed by atoms with E-state index in [4.69, 9.17) is 4.74 Å². The normalized spacial score (nSPS) is 10.6. The summed E-state index contributed by atoms with van der Waals surface area (Å²) >= 11 is 3.42. The van der Waals surface area contributed by atoms with Crippen LogP contribution in [0.3, 0.4) is 0 Å². The van der Waals surface area contributed by atoms with E-state index in [2.05, 4.69) is 21.2 Å². The van der Waals surface area contributed by atoms with E-state index in [1.807, 2.05) is 32.0 Å². The summed E-state index contributed by atoms with van der Waals surface area (Å²) in [5.41, 5.74) is 2.01. The van der Waals surface area contributed by atoms with Gasteiger partial charge in [0.25, 0.3) is 5.91 Å². The molecular weight excluding hydrogens is 322 g/mol. The summed E-state index contributed by atoms with van der Waals surface area (Å²) in [7, 11) is 0. The van der Waals surface area contributed by atoms with Crippen molar-refractivity contribution >= 4 is 33.9 Å². The van der Waals surface area contributed by atoms with Gasteiger partial charge in [0.15, 0.2) is 6.61 Å². The Morgan fingerprint density at radius 1 is 1.40 bits per heavy atom. The van der Waals surface area contributed by atoms with Crippen molar-refractivity contribution in [3.05, 3.63) is 39.9 Å². The fraction of sp³-hybridized carbons (Fsp3) is 0.333. The highest BCUT2D eigenvalue weighted by Gasteiger charge is 2.04. The number of carbonyl (C=O) groups excluding carboxylic acids is 2. The summed E-state index contributed by atoms with van der Waals surface area (Å²) in [5, 5.41) is 2.63. The van der Waals surface area contributed by atoms with Crippen LogP contribution in [0.15, 0.2) is 28.7 Å². The Bertz CT molecular complexity index is 512. The molecule has 0 saturated carbocycles. The molecule has 20 heavy (non-hydrogen) atoms. The minimum Gasteiger partial charge on any atom is -0.452 e. The Hall–Kier alpha value is -1.62. The first-order valence-corrected chi connectivity index (χ1v) is 7.20. The van der Waals surface area contributed by atoms with E-state index in [0.29, 0.717) is 6.54 Å². The summed E-state index contributed by atoms with van der Waals surface area (Å²) in [6.45, 7) is 4.27. The van der Waals surface area contributed by atoms with Crippen LogP contribution in [0.25, 0.3) is 6.08 Å². The molecule has 0 aromatic heterocycles. The van der Waals surface area contributed by atoms with Gasteiger partial charge in [-0.3, -0.25) is 4.79 Å². The topological polar surface area (TPSA) is 55.4 Å². The first kappa shape index (κ1) is 16.4. The van der Waals surface area contributed by atoms with Crippen molar-refractivity contribution in [2.75, 3.05) is 13.2 Å². The molecule has 0 aliphatic carbocycles. The van der Waals surface area contributed by atoms with Gasteiger partial charge in [0.05, 0.1) is 0 Å². The number of carbonyl (C=O) groups is 2. The quantitative estimate of drug-likeness (QED) is 0.640. The van der Waals surface area contributed by atoms with Crippen molar-refractivity contribution in [1.82, 2.24) is 5.32 Å². The van der Waals surface area contributed by atoms with E-state index < -0.39 is 5.97 Å². The van der Waals surface area contributed by atoms with Gasteiger partial charge in [0, 0.05) is 17.1 Å². The van der Waals surface area contributed by atoms with Gasteiger partial charge >= 0.3 is 5.97 Å². The van der Waals surface area contributed by atoms with Crippen LogP contribution in [-0.4, -0.2) is 25.0 Å². The van der Waals surface area contributed by atoms with Crippen LogP contribution in [0.2, 0.25) is 0 Å². The number of hydrogen-bond acceptors (Lipinski definition) is 3. The Labute approximate surface area is 127 Å². The highest BCUT2D eigenvalue weighted by atomic mass is 79.9. The molecule has 0 bridgehead atoms. The number of aryl methyl sites for hydroxylation is 1. The molecule has 0 heterocycles. The number of halogens is 1. The smallest absolute Gasteiger partial charge is 0.331 e. The highest BCUT2D eigenvalue weighted by Crippen LogP contribution is 2.19. The van der Waals surface area contributed by atoms with Crippen LogP contribution in [0.4, 0.5) is 0 Å². The van der Waals surface area contributed by atoms with Crippen molar-refractivity contribution in [3.8, 4) is 0 Å². The maximum atomic E-state index is 11.5. The van der Waals surface area contributed by atoms with Gasteiger partial charge in [0.2, 0.25) is 0 Å². The van der Waals surface area contributed by atoms with Crippen molar-refractivity contribution < 1.29 is 14.3 Å². The molecule has 0 radical (unpaired) electrons. The summed E-state index contributed by atoms with van der Waals surface area (Å²) < 4.78 is 5.74. The predicted molar refractivity (Wildman–Crippen MR) is 82.2 cm³/mol. The molecular formula is C15H18BrNO3. The van der Waals surface area contributed by atoms with Crippen LogP contribution in [-0.2, 0) is 14.3 Å².